The molecule has 1 aromatic carbocycles. The monoisotopic (exact) mass is 347 g/mol. The van der Waals surface area contributed by atoms with Gasteiger partial charge in [-0.05, 0) is 36.1 Å². The van der Waals surface area contributed by atoms with Crippen molar-refractivity contribution in [2.75, 3.05) is 19.3 Å². The largest absolute Gasteiger partial charge is 0.310 e. The van der Waals surface area contributed by atoms with E-state index in [-0.39, 0.29) is 0 Å². The lowest BCUT2D eigenvalue weighted by Gasteiger charge is -2.37. The molecular formula is C18H25N3O2S. The zero-order chi connectivity index (χ0) is 17.2. The maximum atomic E-state index is 11.8. The summed E-state index contributed by atoms with van der Waals surface area (Å²) >= 11 is 0. The molecule has 5 nitrogen and oxygen atoms in total. The zero-order valence-electron chi connectivity index (χ0n) is 14.3. The number of fused-ring (bicyclic) bond motifs is 1. The van der Waals surface area contributed by atoms with Crippen LogP contribution in [0.5, 0.6) is 0 Å². The Morgan fingerprint density at radius 2 is 2.17 bits per heavy atom. The first-order chi connectivity index (χ1) is 11.5. The Balaban J connectivity index is 1.64. The molecule has 2 aromatic rings. The van der Waals surface area contributed by atoms with Crippen LogP contribution in [0.25, 0.3) is 10.9 Å². The highest BCUT2D eigenvalue weighted by molar-refractivity contribution is 7.88. The van der Waals surface area contributed by atoms with Crippen LogP contribution in [0.2, 0.25) is 0 Å². The van der Waals surface area contributed by atoms with Crippen LogP contribution in [0.1, 0.15) is 25.3 Å². The predicted octanol–water partition coefficient (Wildman–Crippen LogP) is 2.38. The minimum absolute atomic E-state index is 0.357. The molecule has 3 rings (SSSR count). The Labute approximate surface area is 144 Å². The maximum absolute atomic E-state index is 11.8. The molecule has 1 aliphatic rings. The van der Waals surface area contributed by atoms with Crippen LogP contribution in [0.4, 0.5) is 0 Å². The summed E-state index contributed by atoms with van der Waals surface area (Å²) in [7, 11) is -3.09. The molecule has 0 unspecified atom stereocenters. The molecule has 0 spiro atoms. The summed E-state index contributed by atoms with van der Waals surface area (Å²) in [5.74, 6) is 0.357. The summed E-state index contributed by atoms with van der Waals surface area (Å²) in [4.78, 5) is 4.35. The average Bonchev–Trinajstić information content (AvgIpc) is 2.58. The van der Waals surface area contributed by atoms with Crippen LogP contribution in [-0.2, 0) is 16.6 Å². The molecule has 1 fully saturated rings. The van der Waals surface area contributed by atoms with E-state index in [1.807, 2.05) is 12.3 Å². The van der Waals surface area contributed by atoms with Crippen LogP contribution in [0.15, 0.2) is 36.5 Å². The van der Waals surface area contributed by atoms with Crippen LogP contribution < -0.4 is 5.32 Å². The van der Waals surface area contributed by atoms with E-state index >= 15 is 0 Å². The highest BCUT2D eigenvalue weighted by Gasteiger charge is 2.31. The van der Waals surface area contributed by atoms with Crippen molar-refractivity contribution < 1.29 is 8.42 Å². The van der Waals surface area contributed by atoms with E-state index in [1.54, 1.807) is 4.31 Å². The Morgan fingerprint density at radius 3 is 2.92 bits per heavy atom. The summed E-state index contributed by atoms with van der Waals surface area (Å²) in [6.45, 7) is 4.15. The molecule has 2 atom stereocenters. The van der Waals surface area contributed by atoms with Gasteiger partial charge in [0, 0.05) is 37.3 Å². The quantitative estimate of drug-likeness (QED) is 0.902. The number of pyridine rings is 1. The van der Waals surface area contributed by atoms with E-state index < -0.39 is 10.0 Å². The summed E-state index contributed by atoms with van der Waals surface area (Å²) in [6.07, 6.45) is 4.95. The fourth-order valence-electron chi connectivity index (χ4n) is 3.47. The van der Waals surface area contributed by atoms with Gasteiger partial charge in [0.05, 0.1) is 11.8 Å². The number of hydrogen-bond donors (Lipinski definition) is 1. The molecule has 24 heavy (non-hydrogen) atoms. The van der Waals surface area contributed by atoms with Crippen molar-refractivity contribution in [3.05, 3.63) is 42.1 Å². The van der Waals surface area contributed by atoms with Gasteiger partial charge in [0.2, 0.25) is 10.0 Å². The first-order valence-electron chi connectivity index (χ1n) is 8.49. The van der Waals surface area contributed by atoms with Gasteiger partial charge in [-0.15, -0.1) is 0 Å². The minimum Gasteiger partial charge on any atom is -0.310 e. The lowest BCUT2D eigenvalue weighted by molar-refractivity contribution is 0.202. The second kappa shape index (κ2) is 7.17. The molecule has 1 N–H and O–H groups in total. The number of benzene rings is 1. The maximum Gasteiger partial charge on any atom is 0.211 e. The SMILES string of the molecule is CC[C@H]1CN(S(C)(=O)=O)CC[C@H]1NCc1ccc2ncccc2c1. The third-order valence-corrected chi connectivity index (χ3v) is 6.20. The van der Waals surface area contributed by atoms with Crippen LogP contribution >= 0.6 is 0 Å². The molecule has 0 bridgehead atoms. The van der Waals surface area contributed by atoms with Crippen LogP contribution in [0.3, 0.4) is 0 Å². The topological polar surface area (TPSA) is 62.3 Å². The second-order valence-corrected chi connectivity index (χ2v) is 8.58. The average molecular weight is 347 g/mol. The van der Waals surface area contributed by atoms with Crippen molar-refractivity contribution in [3.8, 4) is 0 Å². The van der Waals surface area contributed by atoms with Crippen molar-refractivity contribution >= 4 is 20.9 Å². The molecule has 0 aliphatic carbocycles. The van der Waals surface area contributed by atoms with E-state index in [0.717, 1.165) is 30.3 Å². The van der Waals surface area contributed by atoms with Gasteiger partial charge < -0.3 is 5.32 Å². The van der Waals surface area contributed by atoms with Crippen molar-refractivity contribution in [2.24, 2.45) is 5.92 Å². The number of nitrogens with zero attached hydrogens (tertiary/aromatic N) is 2. The van der Waals surface area contributed by atoms with E-state index in [4.69, 9.17) is 0 Å². The fourth-order valence-corrected chi connectivity index (χ4v) is 4.37. The standard InChI is InChI=1S/C18H25N3O2S/c1-3-15-13-21(24(2,22)23)10-8-18(15)20-12-14-6-7-17-16(11-14)5-4-9-19-17/h4-7,9,11,15,18,20H,3,8,10,12-13H2,1-2H3/t15-,18+/m0/s1. The first kappa shape index (κ1) is 17.3. The predicted molar refractivity (Wildman–Crippen MR) is 97.2 cm³/mol. The molecular weight excluding hydrogens is 322 g/mol. The second-order valence-electron chi connectivity index (χ2n) is 6.60. The van der Waals surface area contributed by atoms with Crippen molar-refractivity contribution in [3.63, 3.8) is 0 Å². The molecule has 1 aromatic heterocycles. The Bertz CT molecular complexity index is 807. The molecule has 1 saturated heterocycles. The smallest absolute Gasteiger partial charge is 0.211 e. The molecule has 130 valence electrons. The molecule has 0 amide bonds. The fraction of sp³-hybridized carbons (Fsp3) is 0.500. The first-order valence-corrected chi connectivity index (χ1v) is 10.3. The van der Waals surface area contributed by atoms with E-state index in [0.29, 0.717) is 25.0 Å². The van der Waals surface area contributed by atoms with Crippen molar-refractivity contribution in [1.82, 2.24) is 14.6 Å². The Kier molecular flexibility index (Phi) is 5.18. The van der Waals surface area contributed by atoms with Crippen LogP contribution in [-0.4, -0.2) is 43.1 Å². The summed E-state index contributed by atoms with van der Waals surface area (Å²) < 4.78 is 25.1. The molecule has 6 heteroatoms. The van der Waals surface area contributed by atoms with Gasteiger partial charge in [-0.2, -0.15) is 0 Å². The summed E-state index contributed by atoms with van der Waals surface area (Å²) in [5, 5.41) is 4.78. The van der Waals surface area contributed by atoms with Gasteiger partial charge >= 0.3 is 0 Å². The Hall–Kier alpha value is -1.50. The number of hydrogen-bond acceptors (Lipinski definition) is 4. The third kappa shape index (κ3) is 3.94. The zero-order valence-corrected chi connectivity index (χ0v) is 15.1. The number of piperidine rings is 1. The lowest BCUT2D eigenvalue weighted by atomic mass is 9.91. The van der Waals surface area contributed by atoms with E-state index in [1.165, 1.54) is 11.8 Å². The van der Waals surface area contributed by atoms with Crippen LogP contribution in [0, 0.1) is 5.92 Å². The minimum atomic E-state index is -3.09. The van der Waals surface area contributed by atoms with Gasteiger partial charge in [-0.25, -0.2) is 12.7 Å². The third-order valence-electron chi connectivity index (χ3n) is 4.93. The molecule has 0 saturated carbocycles. The number of aromatic nitrogens is 1. The van der Waals surface area contributed by atoms with Gasteiger partial charge in [-0.3, -0.25) is 4.98 Å². The highest BCUT2D eigenvalue weighted by Crippen LogP contribution is 2.23. The number of nitrogens with one attached hydrogen (secondary N) is 1. The van der Waals surface area contributed by atoms with Gasteiger partial charge in [0.25, 0.3) is 0 Å². The van der Waals surface area contributed by atoms with E-state index in [2.05, 4.69) is 41.5 Å². The molecule has 0 radical (unpaired) electrons. The number of rotatable bonds is 5. The molecule has 2 heterocycles. The van der Waals surface area contributed by atoms with Crippen molar-refractivity contribution in [2.45, 2.75) is 32.4 Å². The van der Waals surface area contributed by atoms with Gasteiger partial charge in [0.15, 0.2) is 0 Å². The van der Waals surface area contributed by atoms with Gasteiger partial charge in [0.1, 0.15) is 0 Å². The lowest BCUT2D eigenvalue weighted by Crippen LogP contribution is -2.50. The normalized spacial score (nSPS) is 22.8. The summed E-state index contributed by atoms with van der Waals surface area (Å²) in [6, 6.07) is 10.7. The summed E-state index contributed by atoms with van der Waals surface area (Å²) in [5.41, 5.74) is 2.24. The van der Waals surface area contributed by atoms with Gasteiger partial charge in [-0.1, -0.05) is 25.5 Å². The van der Waals surface area contributed by atoms with Crippen molar-refractivity contribution in [1.29, 1.82) is 0 Å². The number of sulfonamides is 1. The molecule has 1 aliphatic heterocycles. The highest BCUT2D eigenvalue weighted by atomic mass is 32.2. The van der Waals surface area contributed by atoms with E-state index in [9.17, 15) is 8.42 Å². The Morgan fingerprint density at radius 1 is 1.33 bits per heavy atom.